The molecule has 0 amide bonds. The lowest BCUT2D eigenvalue weighted by Gasteiger charge is -2.06. The van der Waals surface area contributed by atoms with E-state index >= 15 is 0 Å². The average Bonchev–Trinajstić information content (AvgIpc) is 2.69. The number of imidazole rings is 1. The lowest BCUT2D eigenvalue weighted by Crippen LogP contribution is -2.35. The van der Waals surface area contributed by atoms with Gasteiger partial charge in [-0.1, -0.05) is 0 Å². The van der Waals surface area contributed by atoms with Crippen LogP contribution in [0.1, 0.15) is 12.8 Å². The van der Waals surface area contributed by atoms with Gasteiger partial charge in [0.15, 0.2) is 5.65 Å². The highest BCUT2D eigenvalue weighted by Gasteiger charge is 2.26. The van der Waals surface area contributed by atoms with E-state index in [-0.39, 0.29) is 24.1 Å². The van der Waals surface area contributed by atoms with Crippen LogP contribution in [-0.2, 0) is 6.54 Å². The van der Waals surface area contributed by atoms with Crippen LogP contribution in [0.15, 0.2) is 15.9 Å². The first-order valence-corrected chi connectivity index (χ1v) is 5.11. The summed E-state index contributed by atoms with van der Waals surface area (Å²) in [5, 5.41) is 0. The second kappa shape index (κ2) is 4.31. The first-order valence-electron chi connectivity index (χ1n) is 5.11. The number of aromatic amines is 2. The molecule has 0 saturated carbocycles. The van der Waals surface area contributed by atoms with Crippen LogP contribution in [0.25, 0.3) is 11.2 Å². The molecule has 18 heavy (non-hydrogen) atoms. The topological polar surface area (TPSA) is 83.5 Å². The highest BCUT2D eigenvalue weighted by molar-refractivity contribution is 5.67. The number of halogens is 3. The van der Waals surface area contributed by atoms with Crippen molar-refractivity contribution in [3.8, 4) is 0 Å². The van der Waals surface area contributed by atoms with E-state index in [4.69, 9.17) is 0 Å². The third-order valence-corrected chi connectivity index (χ3v) is 2.41. The minimum Gasteiger partial charge on any atom is -0.339 e. The SMILES string of the molecule is O=c1[nH]c2nc[nH]c2c(=O)n1CCCC(F)(F)F. The number of rotatable bonds is 3. The van der Waals surface area contributed by atoms with Crippen LogP contribution in [0.2, 0.25) is 0 Å². The molecule has 0 radical (unpaired) electrons. The highest BCUT2D eigenvalue weighted by Crippen LogP contribution is 2.21. The first kappa shape index (κ1) is 12.4. The van der Waals surface area contributed by atoms with E-state index in [0.29, 0.717) is 0 Å². The van der Waals surface area contributed by atoms with Gasteiger partial charge in [-0.2, -0.15) is 13.2 Å². The second-order valence-electron chi connectivity index (χ2n) is 3.73. The molecule has 0 aliphatic carbocycles. The number of H-pyrrole nitrogens is 2. The molecular formula is C9H9F3N4O2. The summed E-state index contributed by atoms with van der Waals surface area (Å²) in [5.74, 6) is 0. The standard InChI is InChI=1S/C9H9F3N4O2/c10-9(11,12)2-1-3-16-7(17)5-6(14-4-13-5)15-8(16)18/h4H,1-3H2,(H,13,14)(H,15,18). The molecule has 2 N–H and O–H groups in total. The zero-order valence-corrected chi connectivity index (χ0v) is 9.04. The van der Waals surface area contributed by atoms with Gasteiger partial charge in [-0.3, -0.25) is 14.3 Å². The summed E-state index contributed by atoms with van der Waals surface area (Å²) in [4.78, 5) is 31.8. The van der Waals surface area contributed by atoms with Crippen molar-refractivity contribution in [2.24, 2.45) is 0 Å². The monoisotopic (exact) mass is 262 g/mol. The van der Waals surface area contributed by atoms with Gasteiger partial charge in [0.2, 0.25) is 0 Å². The quantitative estimate of drug-likeness (QED) is 0.856. The smallest absolute Gasteiger partial charge is 0.339 e. The Labute approximate surface area is 97.5 Å². The molecule has 0 unspecified atom stereocenters. The number of alkyl halides is 3. The van der Waals surface area contributed by atoms with Gasteiger partial charge in [0.05, 0.1) is 6.33 Å². The molecule has 9 heteroatoms. The van der Waals surface area contributed by atoms with Crippen molar-refractivity contribution in [3.63, 3.8) is 0 Å². The highest BCUT2D eigenvalue weighted by atomic mass is 19.4. The van der Waals surface area contributed by atoms with Crippen LogP contribution in [0.3, 0.4) is 0 Å². The Morgan fingerprint density at radius 3 is 2.72 bits per heavy atom. The van der Waals surface area contributed by atoms with Crippen molar-refractivity contribution in [1.29, 1.82) is 0 Å². The van der Waals surface area contributed by atoms with Crippen LogP contribution in [0.5, 0.6) is 0 Å². The van der Waals surface area contributed by atoms with Crippen molar-refractivity contribution in [3.05, 3.63) is 27.2 Å². The Bertz CT molecular complexity index is 667. The molecular weight excluding hydrogens is 253 g/mol. The van der Waals surface area contributed by atoms with Crippen molar-refractivity contribution in [1.82, 2.24) is 19.5 Å². The first-order chi connectivity index (χ1) is 8.38. The van der Waals surface area contributed by atoms with Gasteiger partial charge in [-0.15, -0.1) is 0 Å². The zero-order chi connectivity index (χ0) is 13.3. The summed E-state index contributed by atoms with van der Waals surface area (Å²) in [6.45, 7) is -0.289. The molecule has 2 aromatic heterocycles. The molecule has 0 spiro atoms. The molecule has 0 bridgehead atoms. The predicted octanol–water partition coefficient (Wildman–Crippen LogP) is 0.755. The minimum atomic E-state index is -4.30. The summed E-state index contributed by atoms with van der Waals surface area (Å²) in [6, 6.07) is 0. The van der Waals surface area contributed by atoms with Crippen molar-refractivity contribution >= 4 is 11.2 Å². The van der Waals surface area contributed by atoms with Crippen molar-refractivity contribution < 1.29 is 13.2 Å². The summed E-state index contributed by atoms with van der Waals surface area (Å²) >= 11 is 0. The van der Waals surface area contributed by atoms with Crippen LogP contribution >= 0.6 is 0 Å². The Kier molecular flexibility index (Phi) is 2.97. The molecule has 0 aliphatic rings. The Balaban J connectivity index is 2.28. The number of aromatic nitrogens is 4. The molecule has 0 aliphatic heterocycles. The Morgan fingerprint density at radius 1 is 1.33 bits per heavy atom. The van der Waals surface area contributed by atoms with Crippen molar-refractivity contribution in [2.75, 3.05) is 0 Å². The van der Waals surface area contributed by atoms with Gasteiger partial charge in [-0.05, 0) is 6.42 Å². The molecule has 0 saturated heterocycles. The van der Waals surface area contributed by atoms with Gasteiger partial charge in [0.1, 0.15) is 5.52 Å². The zero-order valence-electron chi connectivity index (χ0n) is 9.04. The fraction of sp³-hybridized carbons (Fsp3) is 0.444. The van der Waals surface area contributed by atoms with E-state index in [1.807, 2.05) is 0 Å². The third-order valence-electron chi connectivity index (χ3n) is 2.41. The lowest BCUT2D eigenvalue weighted by molar-refractivity contribution is -0.135. The third kappa shape index (κ3) is 2.44. The molecule has 0 atom stereocenters. The maximum Gasteiger partial charge on any atom is 0.389 e. The van der Waals surface area contributed by atoms with E-state index in [1.54, 1.807) is 0 Å². The number of fused-ring (bicyclic) bond motifs is 1. The number of nitrogens with zero attached hydrogens (tertiary/aromatic N) is 2. The van der Waals surface area contributed by atoms with E-state index in [0.717, 1.165) is 4.57 Å². The molecule has 2 aromatic rings. The molecule has 98 valence electrons. The van der Waals surface area contributed by atoms with Crippen molar-refractivity contribution in [2.45, 2.75) is 25.6 Å². The van der Waals surface area contributed by atoms with Gasteiger partial charge in [0.25, 0.3) is 5.56 Å². The normalized spacial score (nSPS) is 12.2. The fourth-order valence-electron chi connectivity index (χ4n) is 1.59. The van der Waals surface area contributed by atoms with Gasteiger partial charge in [-0.25, -0.2) is 9.78 Å². The van der Waals surface area contributed by atoms with Crippen LogP contribution in [-0.4, -0.2) is 25.7 Å². The van der Waals surface area contributed by atoms with Crippen LogP contribution < -0.4 is 11.2 Å². The molecule has 0 aromatic carbocycles. The molecule has 0 fully saturated rings. The largest absolute Gasteiger partial charge is 0.389 e. The summed E-state index contributed by atoms with van der Waals surface area (Å²) in [7, 11) is 0. The van der Waals surface area contributed by atoms with Gasteiger partial charge < -0.3 is 4.98 Å². The maximum atomic E-state index is 12.0. The van der Waals surface area contributed by atoms with Gasteiger partial charge >= 0.3 is 11.9 Å². The average molecular weight is 262 g/mol. The van der Waals surface area contributed by atoms with Gasteiger partial charge in [0, 0.05) is 13.0 Å². The van der Waals surface area contributed by atoms with Crippen LogP contribution in [0, 0.1) is 0 Å². The fourth-order valence-corrected chi connectivity index (χ4v) is 1.59. The summed E-state index contributed by atoms with van der Waals surface area (Å²) in [6.07, 6.45) is -4.44. The molecule has 2 rings (SSSR count). The predicted molar refractivity (Wildman–Crippen MR) is 56.3 cm³/mol. The Hall–Kier alpha value is -2.06. The summed E-state index contributed by atoms with van der Waals surface area (Å²) in [5.41, 5.74) is -1.27. The number of hydrogen-bond donors (Lipinski definition) is 2. The molecule has 6 nitrogen and oxygen atoms in total. The number of hydrogen-bond acceptors (Lipinski definition) is 3. The van der Waals surface area contributed by atoms with E-state index in [9.17, 15) is 22.8 Å². The maximum absolute atomic E-state index is 12.0. The number of nitrogens with one attached hydrogen (secondary N) is 2. The molecule has 2 heterocycles. The van der Waals surface area contributed by atoms with E-state index in [2.05, 4.69) is 15.0 Å². The lowest BCUT2D eigenvalue weighted by atomic mass is 10.3. The second-order valence-corrected chi connectivity index (χ2v) is 3.73. The van der Waals surface area contributed by atoms with Crippen LogP contribution in [0.4, 0.5) is 13.2 Å². The Morgan fingerprint density at radius 2 is 2.06 bits per heavy atom. The summed E-state index contributed by atoms with van der Waals surface area (Å²) < 4.78 is 36.6. The van der Waals surface area contributed by atoms with E-state index < -0.39 is 23.8 Å². The van der Waals surface area contributed by atoms with E-state index in [1.165, 1.54) is 6.33 Å². The minimum absolute atomic E-state index is 0.0709.